The Hall–Kier alpha value is -2.21. The molecule has 0 atom stereocenters. The van der Waals surface area contributed by atoms with Gasteiger partial charge in [-0.25, -0.2) is 15.0 Å². The molecule has 112 valence electrons. The molecule has 3 aromatic heterocycles. The number of fused-ring (bicyclic) bond motifs is 1. The summed E-state index contributed by atoms with van der Waals surface area (Å²) in [5.74, 6) is 1.90. The lowest BCUT2D eigenvalue weighted by Crippen LogP contribution is -2.18. The maximum absolute atomic E-state index is 4.56. The molecule has 1 aliphatic heterocycles. The van der Waals surface area contributed by atoms with Gasteiger partial charge in [-0.15, -0.1) is 11.3 Å². The summed E-state index contributed by atoms with van der Waals surface area (Å²) in [7, 11) is 0. The van der Waals surface area contributed by atoms with E-state index < -0.39 is 0 Å². The number of anilines is 3. The van der Waals surface area contributed by atoms with E-state index in [1.54, 1.807) is 17.7 Å². The normalized spacial score (nSPS) is 14.7. The van der Waals surface area contributed by atoms with Crippen LogP contribution >= 0.6 is 11.3 Å². The van der Waals surface area contributed by atoms with E-state index in [4.69, 9.17) is 0 Å². The van der Waals surface area contributed by atoms with Crippen molar-refractivity contribution < 1.29 is 0 Å². The van der Waals surface area contributed by atoms with Crippen molar-refractivity contribution in [1.82, 2.24) is 15.0 Å². The van der Waals surface area contributed by atoms with Crippen LogP contribution in [0.3, 0.4) is 0 Å². The van der Waals surface area contributed by atoms with Gasteiger partial charge in [0.25, 0.3) is 0 Å². The molecule has 0 unspecified atom stereocenters. The number of thiophene rings is 1. The van der Waals surface area contributed by atoms with Gasteiger partial charge in [0.2, 0.25) is 0 Å². The van der Waals surface area contributed by atoms with Crippen LogP contribution < -0.4 is 10.2 Å². The zero-order valence-electron chi connectivity index (χ0n) is 12.4. The first kappa shape index (κ1) is 13.5. The second-order valence-corrected chi connectivity index (χ2v) is 6.76. The molecular formula is C16H17N5S. The van der Waals surface area contributed by atoms with Crippen molar-refractivity contribution in [3.05, 3.63) is 35.6 Å². The zero-order chi connectivity index (χ0) is 14.9. The van der Waals surface area contributed by atoms with Crippen molar-refractivity contribution in [3.63, 3.8) is 0 Å². The van der Waals surface area contributed by atoms with Crippen LogP contribution in [0.5, 0.6) is 0 Å². The highest BCUT2D eigenvalue weighted by molar-refractivity contribution is 7.18. The van der Waals surface area contributed by atoms with Crippen LogP contribution in [0.4, 0.5) is 17.3 Å². The standard InChI is InChI=1S/C16H17N5S/c1-11-8-13-15(18-10-19-16(13)22-11)20-12-4-5-14(17-9-12)21-6-2-3-7-21/h4-5,8-10H,2-3,6-7H2,1H3,(H,18,19,20). The fourth-order valence-corrected chi connectivity index (χ4v) is 3.65. The first-order valence-corrected chi connectivity index (χ1v) is 8.30. The van der Waals surface area contributed by atoms with Gasteiger partial charge in [-0.05, 0) is 38.0 Å². The molecule has 0 aliphatic carbocycles. The number of nitrogens with one attached hydrogen (secondary N) is 1. The minimum Gasteiger partial charge on any atom is -0.357 e. The molecule has 22 heavy (non-hydrogen) atoms. The van der Waals surface area contributed by atoms with Crippen molar-refractivity contribution in [2.75, 3.05) is 23.3 Å². The smallest absolute Gasteiger partial charge is 0.142 e. The Morgan fingerprint density at radius 3 is 2.77 bits per heavy atom. The van der Waals surface area contributed by atoms with Gasteiger partial charge in [0.05, 0.1) is 17.3 Å². The SMILES string of the molecule is Cc1cc2c(Nc3ccc(N4CCCC4)nc3)ncnc2s1. The van der Waals surface area contributed by atoms with E-state index in [2.05, 4.69) is 50.3 Å². The van der Waals surface area contributed by atoms with Crippen LogP contribution in [0.1, 0.15) is 17.7 Å². The fourth-order valence-electron chi connectivity index (χ4n) is 2.81. The number of nitrogens with zero attached hydrogens (tertiary/aromatic N) is 4. The summed E-state index contributed by atoms with van der Waals surface area (Å²) >= 11 is 1.68. The van der Waals surface area contributed by atoms with Crippen molar-refractivity contribution >= 4 is 38.9 Å². The molecule has 3 aromatic rings. The van der Waals surface area contributed by atoms with E-state index in [0.29, 0.717) is 0 Å². The Labute approximate surface area is 133 Å². The third-order valence-corrected chi connectivity index (χ3v) is 4.85. The zero-order valence-corrected chi connectivity index (χ0v) is 13.2. The van der Waals surface area contributed by atoms with Gasteiger partial charge in [-0.2, -0.15) is 0 Å². The van der Waals surface area contributed by atoms with Crippen LogP contribution in [-0.4, -0.2) is 28.0 Å². The molecule has 6 heteroatoms. The second kappa shape index (κ2) is 5.53. The molecule has 0 spiro atoms. The molecule has 0 radical (unpaired) electrons. The van der Waals surface area contributed by atoms with E-state index in [1.165, 1.54) is 17.7 Å². The molecule has 5 nitrogen and oxygen atoms in total. The lowest BCUT2D eigenvalue weighted by Gasteiger charge is -2.16. The van der Waals surface area contributed by atoms with Crippen molar-refractivity contribution in [2.24, 2.45) is 0 Å². The molecule has 0 aromatic carbocycles. The van der Waals surface area contributed by atoms with Crippen LogP contribution in [0, 0.1) is 6.92 Å². The number of aromatic nitrogens is 3. The monoisotopic (exact) mass is 311 g/mol. The number of pyridine rings is 1. The average Bonchev–Trinajstić information content (AvgIpc) is 3.17. The van der Waals surface area contributed by atoms with E-state index in [9.17, 15) is 0 Å². The maximum Gasteiger partial charge on any atom is 0.142 e. The molecule has 1 saturated heterocycles. The Kier molecular flexibility index (Phi) is 3.38. The second-order valence-electron chi connectivity index (χ2n) is 5.52. The molecule has 0 bridgehead atoms. The summed E-state index contributed by atoms with van der Waals surface area (Å²) in [6, 6.07) is 6.26. The lowest BCUT2D eigenvalue weighted by molar-refractivity contribution is 0.938. The third-order valence-electron chi connectivity index (χ3n) is 3.89. The van der Waals surface area contributed by atoms with Crippen LogP contribution in [-0.2, 0) is 0 Å². The first-order valence-electron chi connectivity index (χ1n) is 7.49. The van der Waals surface area contributed by atoms with Crippen LogP contribution in [0.15, 0.2) is 30.7 Å². The summed E-state index contributed by atoms with van der Waals surface area (Å²) in [4.78, 5) is 17.8. The van der Waals surface area contributed by atoms with E-state index in [0.717, 1.165) is 40.6 Å². The molecule has 1 fully saturated rings. The Morgan fingerprint density at radius 1 is 1.14 bits per heavy atom. The largest absolute Gasteiger partial charge is 0.357 e. The highest BCUT2D eigenvalue weighted by atomic mass is 32.1. The topological polar surface area (TPSA) is 53.9 Å². The summed E-state index contributed by atoms with van der Waals surface area (Å²) in [5, 5.41) is 4.42. The molecule has 0 saturated carbocycles. The molecule has 4 heterocycles. The van der Waals surface area contributed by atoms with Crippen molar-refractivity contribution in [3.8, 4) is 0 Å². The Morgan fingerprint density at radius 2 is 2.00 bits per heavy atom. The minimum atomic E-state index is 0.838. The van der Waals surface area contributed by atoms with Gasteiger partial charge < -0.3 is 10.2 Å². The molecule has 1 aliphatic rings. The molecular weight excluding hydrogens is 294 g/mol. The highest BCUT2D eigenvalue weighted by Crippen LogP contribution is 2.29. The van der Waals surface area contributed by atoms with Crippen LogP contribution in [0.2, 0.25) is 0 Å². The van der Waals surface area contributed by atoms with Gasteiger partial charge in [-0.1, -0.05) is 0 Å². The number of aryl methyl sites for hydroxylation is 1. The van der Waals surface area contributed by atoms with Gasteiger partial charge in [0, 0.05) is 18.0 Å². The van der Waals surface area contributed by atoms with Crippen LogP contribution in [0.25, 0.3) is 10.2 Å². The number of hydrogen-bond acceptors (Lipinski definition) is 6. The first-order chi connectivity index (χ1) is 10.8. The predicted molar refractivity (Wildman–Crippen MR) is 91.1 cm³/mol. The van der Waals surface area contributed by atoms with E-state index >= 15 is 0 Å². The van der Waals surface area contributed by atoms with Gasteiger partial charge in [-0.3, -0.25) is 0 Å². The van der Waals surface area contributed by atoms with Gasteiger partial charge >= 0.3 is 0 Å². The fraction of sp³-hybridized carbons (Fsp3) is 0.312. The summed E-state index contributed by atoms with van der Waals surface area (Å²) < 4.78 is 0. The average molecular weight is 311 g/mol. The molecule has 0 amide bonds. The minimum absolute atomic E-state index is 0.838. The summed E-state index contributed by atoms with van der Waals surface area (Å²) in [5.41, 5.74) is 0.951. The Bertz CT molecular complexity index is 790. The highest BCUT2D eigenvalue weighted by Gasteiger charge is 2.13. The Balaban J connectivity index is 1.59. The van der Waals surface area contributed by atoms with Crippen molar-refractivity contribution in [1.29, 1.82) is 0 Å². The molecule has 4 rings (SSSR count). The molecule has 1 N–H and O–H groups in total. The summed E-state index contributed by atoms with van der Waals surface area (Å²) in [6.45, 7) is 4.31. The van der Waals surface area contributed by atoms with Gasteiger partial charge in [0.15, 0.2) is 0 Å². The number of hydrogen-bond donors (Lipinski definition) is 1. The maximum atomic E-state index is 4.56. The lowest BCUT2D eigenvalue weighted by atomic mass is 10.3. The van der Waals surface area contributed by atoms with E-state index in [-0.39, 0.29) is 0 Å². The van der Waals surface area contributed by atoms with E-state index in [1.807, 2.05) is 6.20 Å². The third kappa shape index (κ3) is 2.50. The van der Waals surface area contributed by atoms with Crippen molar-refractivity contribution in [2.45, 2.75) is 19.8 Å². The number of rotatable bonds is 3. The predicted octanol–water partition coefficient (Wildman–Crippen LogP) is 3.74. The summed E-state index contributed by atoms with van der Waals surface area (Å²) in [6.07, 6.45) is 6.00. The quantitative estimate of drug-likeness (QED) is 0.798. The van der Waals surface area contributed by atoms with Gasteiger partial charge in [0.1, 0.15) is 22.8 Å².